The Hall–Kier alpha value is -2.45. The second-order valence-corrected chi connectivity index (χ2v) is 3.65. The molecule has 1 aromatic carbocycles. The van der Waals surface area contributed by atoms with E-state index in [1.807, 2.05) is 0 Å². The molecule has 0 unspecified atom stereocenters. The van der Waals surface area contributed by atoms with Gasteiger partial charge in [0.2, 0.25) is 0 Å². The second kappa shape index (κ2) is 4.67. The molecule has 0 saturated carbocycles. The zero-order chi connectivity index (χ0) is 14.0. The third-order valence-corrected chi connectivity index (χ3v) is 2.29. The topological polar surface area (TPSA) is 81.0 Å². The van der Waals surface area contributed by atoms with Crippen LogP contribution in [0, 0.1) is 10.1 Å². The minimum Gasteiger partial charge on any atom is -0.361 e. The Morgan fingerprint density at radius 2 is 2.05 bits per heavy atom. The zero-order valence-electron chi connectivity index (χ0n) is 9.31. The first-order valence-corrected chi connectivity index (χ1v) is 5.06. The van der Waals surface area contributed by atoms with E-state index in [4.69, 9.17) is 0 Å². The summed E-state index contributed by atoms with van der Waals surface area (Å²) in [5.74, 6) is -0.0916. The number of non-ortho nitro benzene ring substituents is 1. The molecule has 6 nitrogen and oxygen atoms in total. The Morgan fingerprint density at radius 1 is 1.32 bits per heavy atom. The number of nitrogens with zero attached hydrogens (tertiary/aromatic N) is 3. The zero-order valence-corrected chi connectivity index (χ0v) is 9.31. The number of halogens is 3. The molecule has 0 radical (unpaired) electrons. The number of nitro groups is 1. The van der Waals surface area contributed by atoms with Gasteiger partial charge in [-0.3, -0.25) is 10.1 Å². The molecule has 0 bridgehead atoms. The third kappa shape index (κ3) is 3.06. The summed E-state index contributed by atoms with van der Waals surface area (Å²) in [6, 6.07) is 3.71. The number of alkyl halides is 3. The Balaban J connectivity index is 2.42. The van der Waals surface area contributed by atoms with Gasteiger partial charge < -0.3 is 5.32 Å². The van der Waals surface area contributed by atoms with E-state index >= 15 is 0 Å². The van der Waals surface area contributed by atoms with Gasteiger partial charge in [0.25, 0.3) is 5.69 Å². The Morgan fingerprint density at radius 3 is 2.68 bits per heavy atom. The average Bonchev–Trinajstić information content (AvgIpc) is 2.34. The highest BCUT2D eigenvalue weighted by Gasteiger charge is 2.27. The van der Waals surface area contributed by atoms with Gasteiger partial charge in [0.05, 0.1) is 10.4 Å². The van der Waals surface area contributed by atoms with Crippen molar-refractivity contribution in [1.29, 1.82) is 0 Å². The maximum atomic E-state index is 12.1. The standard InChI is InChI=1S/C10H7F3N4O2/c11-10(12,13)4-14-9-7-3-6(17(18)19)1-2-8(7)15-5-16-9/h1-3,5H,4H2,(H,14,15,16). The first-order valence-electron chi connectivity index (χ1n) is 5.06. The first-order chi connectivity index (χ1) is 8.87. The first kappa shape index (κ1) is 13.0. The number of aromatic nitrogens is 2. The number of fused-ring (bicyclic) bond motifs is 1. The molecule has 0 aliphatic heterocycles. The molecule has 0 spiro atoms. The van der Waals surface area contributed by atoms with Gasteiger partial charge in [-0.2, -0.15) is 13.2 Å². The number of benzene rings is 1. The molecule has 0 fully saturated rings. The average molecular weight is 272 g/mol. The molecule has 0 saturated heterocycles. The van der Waals surface area contributed by atoms with Crippen molar-refractivity contribution in [3.8, 4) is 0 Å². The van der Waals surface area contributed by atoms with Crippen molar-refractivity contribution < 1.29 is 18.1 Å². The lowest BCUT2D eigenvalue weighted by molar-refractivity contribution is -0.384. The number of hydrogen-bond acceptors (Lipinski definition) is 5. The maximum Gasteiger partial charge on any atom is 0.405 e. The Kier molecular flexibility index (Phi) is 3.19. The van der Waals surface area contributed by atoms with Gasteiger partial charge in [0.15, 0.2) is 0 Å². The Bertz CT molecular complexity index is 630. The van der Waals surface area contributed by atoms with Crippen LogP contribution in [0.1, 0.15) is 0 Å². The molecule has 0 aliphatic carbocycles. The number of nitrogens with one attached hydrogen (secondary N) is 1. The van der Waals surface area contributed by atoms with Crippen LogP contribution in [-0.2, 0) is 0 Å². The highest BCUT2D eigenvalue weighted by Crippen LogP contribution is 2.25. The minimum atomic E-state index is -4.40. The monoisotopic (exact) mass is 272 g/mol. The number of hydrogen-bond donors (Lipinski definition) is 1. The van der Waals surface area contributed by atoms with Crippen molar-refractivity contribution in [2.24, 2.45) is 0 Å². The molecule has 2 rings (SSSR count). The maximum absolute atomic E-state index is 12.1. The van der Waals surface area contributed by atoms with Crippen LogP contribution in [0.2, 0.25) is 0 Å². The molecule has 0 atom stereocenters. The van der Waals surface area contributed by atoms with Crippen molar-refractivity contribution in [3.63, 3.8) is 0 Å². The van der Waals surface area contributed by atoms with Crippen LogP contribution in [0.4, 0.5) is 24.7 Å². The predicted octanol–water partition coefficient (Wildman–Crippen LogP) is 2.51. The van der Waals surface area contributed by atoms with Crippen LogP contribution in [-0.4, -0.2) is 27.6 Å². The molecule has 1 heterocycles. The van der Waals surface area contributed by atoms with Gasteiger partial charge in [-0.25, -0.2) is 9.97 Å². The van der Waals surface area contributed by atoms with Crippen molar-refractivity contribution in [3.05, 3.63) is 34.6 Å². The smallest absolute Gasteiger partial charge is 0.361 e. The molecule has 19 heavy (non-hydrogen) atoms. The van der Waals surface area contributed by atoms with Crippen LogP contribution >= 0.6 is 0 Å². The molecule has 1 N–H and O–H groups in total. The van der Waals surface area contributed by atoms with E-state index in [0.717, 1.165) is 12.4 Å². The minimum absolute atomic E-state index is 0.0916. The molecule has 100 valence electrons. The molecule has 0 amide bonds. The van der Waals surface area contributed by atoms with Gasteiger partial charge in [-0.15, -0.1) is 0 Å². The van der Waals surface area contributed by atoms with E-state index in [1.165, 1.54) is 12.1 Å². The summed E-state index contributed by atoms with van der Waals surface area (Å²) in [5.41, 5.74) is 0.0858. The molecule has 2 aromatic rings. The van der Waals surface area contributed by atoms with E-state index in [0.29, 0.717) is 5.52 Å². The number of nitro benzene ring substituents is 1. The molecular formula is C10H7F3N4O2. The van der Waals surface area contributed by atoms with Gasteiger partial charge in [0, 0.05) is 17.5 Å². The summed E-state index contributed by atoms with van der Waals surface area (Å²) in [6.45, 7) is -1.28. The lowest BCUT2D eigenvalue weighted by atomic mass is 10.2. The highest BCUT2D eigenvalue weighted by atomic mass is 19.4. The molecular weight excluding hydrogens is 265 g/mol. The van der Waals surface area contributed by atoms with Crippen LogP contribution in [0.3, 0.4) is 0 Å². The van der Waals surface area contributed by atoms with E-state index < -0.39 is 17.6 Å². The fourth-order valence-electron chi connectivity index (χ4n) is 1.48. The van der Waals surface area contributed by atoms with Crippen molar-refractivity contribution in [2.45, 2.75) is 6.18 Å². The SMILES string of the molecule is O=[N+]([O-])c1ccc2ncnc(NCC(F)(F)F)c2c1. The van der Waals surface area contributed by atoms with Gasteiger partial charge in [0.1, 0.15) is 18.7 Å². The largest absolute Gasteiger partial charge is 0.405 e. The fourth-order valence-corrected chi connectivity index (χ4v) is 1.48. The van der Waals surface area contributed by atoms with E-state index in [-0.39, 0.29) is 16.9 Å². The summed E-state index contributed by atoms with van der Waals surface area (Å²) in [4.78, 5) is 17.5. The van der Waals surface area contributed by atoms with Crippen molar-refractivity contribution >= 4 is 22.4 Å². The van der Waals surface area contributed by atoms with Crippen LogP contribution in [0.25, 0.3) is 10.9 Å². The summed E-state index contributed by atoms with van der Waals surface area (Å²) < 4.78 is 36.4. The predicted molar refractivity (Wildman–Crippen MR) is 60.7 cm³/mol. The van der Waals surface area contributed by atoms with E-state index in [2.05, 4.69) is 15.3 Å². The second-order valence-electron chi connectivity index (χ2n) is 3.65. The lowest BCUT2D eigenvalue weighted by Gasteiger charge is -2.10. The fraction of sp³-hybridized carbons (Fsp3) is 0.200. The molecule has 9 heteroatoms. The van der Waals surface area contributed by atoms with Gasteiger partial charge >= 0.3 is 6.18 Å². The van der Waals surface area contributed by atoms with Crippen LogP contribution in [0.5, 0.6) is 0 Å². The van der Waals surface area contributed by atoms with Crippen LogP contribution < -0.4 is 5.32 Å². The lowest BCUT2D eigenvalue weighted by Crippen LogP contribution is -2.21. The Labute approximate surface area is 104 Å². The van der Waals surface area contributed by atoms with Gasteiger partial charge in [-0.1, -0.05) is 0 Å². The van der Waals surface area contributed by atoms with Crippen molar-refractivity contribution in [2.75, 3.05) is 11.9 Å². The van der Waals surface area contributed by atoms with E-state index in [1.54, 1.807) is 0 Å². The summed E-state index contributed by atoms with van der Waals surface area (Å²) in [6.07, 6.45) is -3.31. The normalized spacial score (nSPS) is 11.5. The molecule has 0 aliphatic rings. The number of rotatable bonds is 3. The summed E-state index contributed by atoms with van der Waals surface area (Å²) in [5, 5.41) is 12.9. The summed E-state index contributed by atoms with van der Waals surface area (Å²) in [7, 11) is 0. The van der Waals surface area contributed by atoms with E-state index in [9.17, 15) is 23.3 Å². The molecule has 1 aromatic heterocycles. The third-order valence-electron chi connectivity index (χ3n) is 2.29. The highest BCUT2D eigenvalue weighted by molar-refractivity contribution is 5.90. The van der Waals surface area contributed by atoms with Gasteiger partial charge in [-0.05, 0) is 6.07 Å². The summed E-state index contributed by atoms with van der Waals surface area (Å²) >= 11 is 0. The quantitative estimate of drug-likeness (QED) is 0.685. The van der Waals surface area contributed by atoms with Crippen LogP contribution in [0.15, 0.2) is 24.5 Å². The number of anilines is 1. The van der Waals surface area contributed by atoms with Crippen molar-refractivity contribution in [1.82, 2.24) is 9.97 Å².